The number of aromatic nitrogens is 2. The minimum atomic E-state index is 0.0836. The number of hydrogen-bond acceptors (Lipinski definition) is 4. The Labute approximate surface area is 131 Å². The predicted molar refractivity (Wildman–Crippen MR) is 85.8 cm³/mol. The van der Waals surface area contributed by atoms with Crippen LogP contribution in [0.25, 0.3) is 0 Å². The molecule has 1 saturated heterocycles. The van der Waals surface area contributed by atoms with Crippen molar-refractivity contribution >= 4 is 11.8 Å². The standard InChI is InChI=1S/C16H25N5O/c1-3-13-10-14(13)11-18-16(22)21-8-6-20(7-9-21)15-4-5-17-12(2)19-15/h4-5,13-14H,3,6-11H2,1-2H3,(H,18,22)/t13-,14+/m1/s1. The second kappa shape index (κ2) is 6.50. The minimum Gasteiger partial charge on any atom is -0.353 e. The van der Waals surface area contributed by atoms with Crippen LogP contribution in [0.1, 0.15) is 25.6 Å². The van der Waals surface area contributed by atoms with E-state index in [1.165, 1.54) is 12.8 Å². The van der Waals surface area contributed by atoms with Gasteiger partial charge in [-0.2, -0.15) is 0 Å². The summed E-state index contributed by atoms with van der Waals surface area (Å²) in [5, 5.41) is 3.09. The molecular formula is C16H25N5O. The maximum atomic E-state index is 12.2. The summed E-state index contributed by atoms with van der Waals surface area (Å²) >= 11 is 0. The molecule has 1 N–H and O–H groups in total. The molecule has 120 valence electrons. The molecule has 0 radical (unpaired) electrons. The lowest BCUT2D eigenvalue weighted by Gasteiger charge is -2.35. The molecule has 2 fully saturated rings. The fourth-order valence-corrected chi connectivity index (χ4v) is 3.15. The van der Waals surface area contributed by atoms with E-state index in [0.717, 1.165) is 50.3 Å². The van der Waals surface area contributed by atoms with Crippen molar-refractivity contribution in [3.63, 3.8) is 0 Å². The van der Waals surface area contributed by atoms with E-state index in [2.05, 4.69) is 27.1 Å². The van der Waals surface area contributed by atoms with Gasteiger partial charge < -0.3 is 15.1 Å². The van der Waals surface area contributed by atoms with Gasteiger partial charge in [-0.05, 0) is 31.2 Å². The molecule has 0 bridgehead atoms. The lowest BCUT2D eigenvalue weighted by atomic mass is 10.2. The van der Waals surface area contributed by atoms with Crippen LogP contribution in [0.2, 0.25) is 0 Å². The van der Waals surface area contributed by atoms with Crippen LogP contribution in [-0.4, -0.2) is 53.6 Å². The van der Waals surface area contributed by atoms with Crippen molar-refractivity contribution in [2.75, 3.05) is 37.6 Å². The fourth-order valence-electron chi connectivity index (χ4n) is 3.15. The summed E-state index contributed by atoms with van der Waals surface area (Å²) in [4.78, 5) is 24.9. The second-order valence-corrected chi connectivity index (χ2v) is 6.29. The molecule has 1 saturated carbocycles. The normalized spacial score (nSPS) is 24.3. The Morgan fingerprint density at radius 3 is 2.73 bits per heavy atom. The SMILES string of the molecule is CC[C@@H]1C[C@H]1CNC(=O)N1CCN(c2ccnc(C)n2)CC1. The molecule has 3 rings (SSSR count). The van der Waals surface area contributed by atoms with Crippen molar-refractivity contribution in [2.24, 2.45) is 11.8 Å². The zero-order chi connectivity index (χ0) is 15.5. The first kappa shape index (κ1) is 15.1. The van der Waals surface area contributed by atoms with Crippen LogP contribution in [0.5, 0.6) is 0 Å². The van der Waals surface area contributed by atoms with Crippen molar-refractivity contribution in [2.45, 2.75) is 26.7 Å². The molecule has 1 aliphatic carbocycles. The summed E-state index contributed by atoms with van der Waals surface area (Å²) in [7, 11) is 0. The number of urea groups is 1. The third-order valence-electron chi connectivity index (χ3n) is 4.76. The Balaban J connectivity index is 1.44. The van der Waals surface area contributed by atoms with Crippen LogP contribution >= 0.6 is 0 Å². The van der Waals surface area contributed by atoms with Gasteiger partial charge in [0.05, 0.1) is 0 Å². The molecule has 1 aromatic heterocycles. The van der Waals surface area contributed by atoms with Crippen molar-refractivity contribution in [1.29, 1.82) is 0 Å². The van der Waals surface area contributed by atoms with E-state index in [9.17, 15) is 4.79 Å². The molecule has 1 aromatic rings. The number of amides is 2. The highest BCUT2D eigenvalue weighted by Gasteiger charge is 2.35. The average molecular weight is 303 g/mol. The number of piperazine rings is 1. The first-order valence-electron chi connectivity index (χ1n) is 8.24. The molecule has 2 aliphatic rings. The van der Waals surface area contributed by atoms with Crippen molar-refractivity contribution in [3.05, 3.63) is 18.1 Å². The van der Waals surface area contributed by atoms with Gasteiger partial charge in [0.15, 0.2) is 0 Å². The second-order valence-electron chi connectivity index (χ2n) is 6.29. The van der Waals surface area contributed by atoms with E-state index in [-0.39, 0.29) is 6.03 Å². The topological polar surface area (TPSA) is 61.4 Å². The predicted octanol–water partition coefficient (Wildman–Crippen LogP) is 1.66. The van der Waals surface area contributed by atoms with E-state index in [1.807, 2.05) is 17.9 Å². The van der Waals surface area contributed by atoms with Gasteiger partial charge >= 0.3 is 6.03 Å². The Bertz CT molecular complexity index is 527. The van der Waals surface area contributed by atoms with E-state index in [4.69, 9.17) is 0 Å². The highest BCUT2D eigenvalue weighted by Crippen LogP contribution is 2.40. The molecule has 1 aliphatic heterocycles. The molecule has 0 aromatic carbocycles. The fraction of sp³-hybridized carbons (Fsp3) is 0.688. The number of hydrogen-bond donors (Lipinski definition) is 1. The Kier molecular flexibility index (Phi) is 4.45. The Morgan fingerprint density at radius 2 is 2.09 bits per heavy atom. The van der Waals surface area contributed by atoms with E-state index < -0.39 is 0 Å². The quantitative estimate of drug-likeness (QED) is 0.919. The van der Waals surface area contributed by atoms with E-state index in [1.54, 1.807) is 6.20 Å². The molecule has 2 heterocycles. The maximum absolute atomic E-state index is 12.2. The number of aryl methyl sites for hydroxylation is 1. The maximum Gasteiger partial charge on any atom is 0.317 e. The zero-order valence-electron chi connectivity index (χ0n) is 13.5. The van der Waals surface area contributed by atoms with Crippen LogP contribution in [0.3, 0.4) is 0 Å². The Hall–Kier alpha value is -1.85. The van der Waals surface area contributed by atoms with E-state index >= 15 is 0 Å². The zero-order valence-corrected chi connectivity index (χ0v) is 13.5. The van der Waals surface area contributed by atoms with Gasteiger partial charge in [-0.15, -0.1) is 0 Å². The highest BCUT2D eigenvalue weighted by molar-refractivity contribution is 5.74. The summed E-state index contributed by atoms with van der Waals surface area (Å²) < 4.78 is 0. The van der Waals surface area contributed by atoms with Crippen LogP contribution in [0, 0.1) is 18.8 Å². The van der Waals surface area contributed by atoms with Gasteiger partial charge in [0, 0.05) is 38.9 Å². The van der Waals surface area contributed by atoms with Gasteiger partial charge in [-0.3, -0.25) is 0 Å². The summed E-state index contributed by atoms with van der Waals surface area (Å²) in [5.74, 6) is 3.28. The van der Waals surface area contributed by atoms with Gasteiger partial charge in [0.2, 0.25) is 0 Å². The third kappa shape index (κ3) is 3.48. The number of nitrogens with one attached hydrogen (secondary N) is 1. The largest absolute Gasteiger partial charge is 0.353 e. The summed E-state index contributed by atoms with van der Waals surface area (Å²) in [6.45, 7) is 8.10. The van der Waals surface area contributed by atoms with Crippen molar-refractivity contribution in [1.82, 2.24) is 20.2 Å². The molecule has 2 atom stereocenters. The third-order valence-corrected chi connectivity index (χ3v) is 4.76. The average Bonchev–Trinajstić information content (AvgIpc) is 3.31. The lowest BCUT2D eigenvalue weighted by molar-refractivity contribution is 0.193. The minimum absolute atomic E-state index is 0.0836. The molecule has 6 nitrogen and oxygen atoms in total. The van der Waals surface area contributed by atoms with Crippen LogP contribution in [-0.2, 0) is 0 Å². The van der Waals surface area contributed by atoms with Crippen molar-refractivity contribution in [3.8, 4) is 0 Å². The highest BCUT2D eigenvalue weighted by atomic mass is 16.2. The molecule has 2 amide bonds. The number of carbonyl (C=O) groups excluding carboxylic acids is 1. The van der Waals surface area contributed by atoms with Crippen LogP contribution in [0.4, 0.5) is 10.6 Å². The molecule has 0 spiro atoms. The number of carbonyl (C=O) groups is 1. The van der Waals surface area contributed by atoms with Gasteiger partial charge in [-0.25, -0.2) is 14.8 Å². The smallest absolute Gasteiger partial charge is 0.317 e. The van der Waals surface area contributed by atoms with E-state index in [0.29, 0.717) is 5.92 Å². The first-order chi connectivity index (χ1) is 10.7. The number of nitrogens with zero attached hydrogens (tertiary/aromatic N) is 4. The Morgan fingerprint density at radius 1 is 1.32 bits per heavy atom. The number of rotatable bonds is 4. The van der Waals surface area contributed by atoms with Gasteiger partial charge in [0.25, 0.3) is 0 Å². The summed E-state index contributed by atoms with van der Waals surface area (Å²) in [5.41, 5.74) is 0. The molecule has 0 unspecified atom stereocenters. The van der Waals surface area contributed by atoms with Crippen LogP contribution in [0.15, 0.2) is 12.3 Å². The monoisotopic (exact) mass is 303 g/mol. The first-order valence-corrected chi connectivity index (χ1v) is 8.24. The van der Waals surface area contributed by atoms with Crippen molar-refractivity contribution < 1.29 is 4.79 Å². The molecule has 22 heavy (non-hydrogen) atoms. The molecular weight excluding hydrogens is 278 g/mol. The van der Waals surface area contributed by atoms with Gasteiger partial charge in [-0.1, -0.05) is 13.3 Å². The number of anilines is 1. The summed E-state index contributed by atoms with van der Waals surface area (Å²) in [6, 6.07) is 2.01. The summed E-state index contributed by atoms with van der Waals surface area (Å²) in [6.07, 6.45) is 4.30. The van der Waals surface area contributed by atoms with Gasteiger partial charge in [0.1, 0.15) is 11.6 Å². The lowest BCUT2D eigenvalue weighted by Crippen LogP contribution is -2.52. The van der Waals surface area contributed by atoms with Crippen LogP contribution < -0.4 is 10.2 Å². The molecule has 6 heteroatoms.